The number of esters is 1. The van der Waals surface area contributed by atoms with Crippen molar-refractivity contribution >= 4 is 24.3 Å². The molecular weight excluding hydrogens is 365 g/mol. The number of amides is 1. The number of halogens is 4. The summed E-state index contributed by atoms with van der Waals surface area (Å²) in [5.41, 5.74) is -1.91. The number of likely N-dealkylation sites (tertiary alicyclic amines) is 1. The Morgan fingerprint density at radius 3 is 2.68 bits per heavy atom. The predicted molar refractivity (Wildman–Crippen MR) is 81.1 cm³/mol. The minimum Gasteiger partial charge on any atom is -0.468 e. The summed E-state index contributed by atoms with van der Waals surface area (Å²) in [6.07, 6.45) is -3.65. The van der Waals surface area contributed by atoms with Crippen LogP contribution < -0.4 is 0 Å². The van der Waals surface area contributed by atoms with Crippen molar-refractivity contribution in [1.29, 1.82) is 0 Å². The maximum Gasteiger partial charge on any atom is 0.433 e. The highest BCUT2D eigenvalue weighted by molar-refractivity contribution is 5.95. The Bertz CT molecular complexity index is 668. The van der Waals surface area contributed by atoms with Gasteiger partial charge in [-0.1, -0.05) is 0 Å². The van der Waals surface area contributed by atoms with Crippen LogP contribution >= 0.6 is 12.4 Å². The quantitative estimate of drug-likeness (QED) is 0.732. The molecule has 0 bridgehead atoms. The molecular formula is C15H16ClF3N2O4. The molecule has 2 saturated heterocycles. The highest BCUT2D eigenvalue weighted by atomic mass is 35.5. The van der Waals surface area contributed by atoms with Crippen molar-refractivity contribution in [3.63, 3.8) is 0 Å². The van der Waals surface area contributed by atoms with Crippen LogP contribution in [0.1, 0.15) is 16.1 Å². The van der Waals surface area contributed by atoms with Crippen LogP contribution in [0.4, 0.5) is 13.2 Å². The zero-order chi connectivity index (χ0) is 17.5. The first-order valence-corrected chi connectivity index (χ1v) is 7.26. The van der Waals surface area contributed by atoms with Gasteiger partial charge in [0.05, 0.1) is 25.9 Å². The number of rotatable bonds is 2. The Kier molecular flexibility index (Phi) is 5.29. The van der Waals surface area contributed by atoms with E-state index in [0.29, 0.717) is 6.61 Å². The molecule has 0 unspecified atom stereocenters. The molecule has 0 spiro atoms. The second-order valence-electron chi connectivity index (χ2n) is 5.98. The van der Waals surface area contributed by atoms with Gasteiger partial charge in [0.15, 0.2) is 0 Å². The molecule has 1 amide bonds. The van der Waals surface area contributed by atoms with E-state index in [-0.39, 0.29) is 43.6 Å². The maximum absolute atomic E-state index is 12.5. The SMILES string of the molecule is COC(=O)[C@@]12COC[C@@H]1CN(C(=O)c1ccc(C(F)(F)F)nc1)C2.Cl. The van der Waals surface area contributed by atoms with E-state index >= 15 is 0 Å². The summed E-state index contributed by atoms with van der Waals surface area (Å²) in [6.45, 7) is 0.905. The van der Waals surface area contributed by atoms with Gasteiger partial charge in [0.25, 0.3) is 5.91 Å². The molecule has 2 atom stereocenters. The zero-order valence-corrected chi connectivity index (χ0v) is 14.0. The second-order valence-corrected chi connectivity index (χ2v) is 5.98. The first-order chi connectivity index (χ1) is 11.3. The van der Waals surface area contributed by atoms with E-state index in [1.54, 1.807) is 0 Å². The molecule has 0 aliphatic carbocycles. The van der Waals surface area contributed by atoms with E-state index < -0.39 is 29.2 Å². The van der Waals surface area contributed by atoms with Crippen molar-refractivity contribution in [3.8, 4) is 0 Å². The molecule has 25 heavy (non-hydrogen) atoms. The Balaban J connectivity index is 0.00000225. The average molecular weight is 381 g/mol. The highest BCUT2D eigenvalue weighted by Gasteiger charge is 2.57. The smallest absolute Gasteiger partial charge is 0.433 e. The molecule has 0 N–H and O–H groups in total. The second kappa shape index (κ2) is 6.80. The van der Waals surface area contributed by atoms with Crippen LogP contribution in [0.5, 0.6) is 0 Å². The van der Waals surface area contributed by atoms with Crippen LogP contribution in [-0.4, -0.2) is 55.2 Å². The van der Waals surface area contributed by atoms with Gasteiger partial charge in [-0.3, -0.25) is 14.6 Å². The lowest BCUT2D eigenvalue weighted by molar-refractivity contribution is -0.153. The summed E-state index contributed by atoms with van der Waals surface area (Å²) < 4.78 is 47.8. The molecule has 138 valence electrons. The van der Waals surface area contributed by atoms with Crippen molar-refractivity contribution < 1.29 is 32.2 Å². The van der Waals surface area contributed by atoms with Gasteiger partial charge in [0, 0.05) is 25.2 Å². The van der Waals surface area contributed by atoms with Gasteiger partial charge < -0.3 is 14.4 Å². The summed E-state index contributed by atoms with van der Waals surface area (Å²) in [5.74, 6) is -1.09. The monoisotopic (exact) mass is 380 g/mol. The van der Waals surface area contributed by atoms with Crippen LogP contribution in [0.15, 0.2) is 18.3 Å². The standard InChI is InChI=1S/C15H15F3N2O4.ClH/c1-23-13(22)14-7-20(5-10(14)6-24-8-14)12(21)9-2-3-11(19-4-9)15(16,17)18;/h2-4,10H,5-8H2,1H3;1H/t10-,14-;/m0./s1. The van der Waals surface area contributed by atoms with Crippen molar-refractivity contribution in [2.24, 2.45) is 11.3 Å². The number of carbonyl (C=O) groups excluding carboxylic acids is 2. The number of nitrogens with zero attached hydrogens (tertiary/aromatic N) is 2. The van der Waals surface area contributed by atoms with Gasteiger partial charge in [0.2, 0.25) is 0 Å². The van der Waals surface area contributed by atoms with Gasteiger partial charge in [-0.2, -0.15) is 13.2 Å². The van der Waals surface area contributed by atoms with Crippen LogP contribution in [0.25, 0.3) is 0 Å². The molecule has 10 heteroatoms. The third kappa shape index (κ3) is 3.30. The van der Waals surface area contributed by atoms with Crippen LogP contribution in [0.2, 0.25) is 0 Å². The summed E-state index contributed by atoms with van der Waals surface area (Å²) >= 11 is 0. The molecule has 2 aliphatic rings. The number of hydrogen-bond acceptors (Lipinski definition) is 5. The van der Waals surface area contributed by atoms with Crippen molar-refractivity contribution in [2.45, 2.75) is 6.18 Å². The Hall–Kier alpha value is -1.87. The van der Waals surface area contributed by atoms with Gasteiger partial charge >= 0.3 is 12.1 Å². The van der Waals surface area contributed by atoms with E-state index in [1.165, 1.54) is 12.0 Å². The van der Waals surface area contributed by atoms with Crippen LogP contribution in [-0.2, 0) is 20.4 Å². The Morgan fingerprint density at radius 2 is 2.12 bits per heavy atom. The number of aromatic nitrogens is 1. The lowest BCUT2D eigenvalue weighted by Crippen LogP contribution is -2.41. The van der Waals surface area contributed by atoms with Crippen molar-refractivity contribution in [2.75, 3.05) is 33.4 Å². The topological polar surface area (TPSA) is 68.7 Å². The minimum atomic E-state index is -4.56. The van der Waals surface area contributed by atoms with E-state index in [9.17, 15) is 22.8 Å². The van der Waals surface area contributed by atoms with E-state index in [4.69, 9.17) is 9.47 Å². The summed E-state index contributed by atoms with van der Waals surface area (Å²) in [7, 11) is 1.27. The minimum absolute atomic E-state index is 0. The number of hydrogen-bond donors (Lipinski definition) is 0. The van der Waals surface area contributed by atoms with Gasteiger partial charge in [-0.05, 0) is 12.1 Å². The molecule has 1 aromatic heterocycles. The van der Waals surface area contributed by atoms with Crippen molar-refractivity contribution in [1.82, 2.24) is 9.88 Å². The molecule has 3 rings (SSSR count). The normalized spacial score (nSPS) is 25.3. The molecule has 2 aliphatic heterocycles. The number of ether oxygens (including phenoxy) is 2. The molecule has 2 fully saturated rings. The summed E-state index contributed by atoms with van der Waals surface area (Å²) in [6, 6.07) is 1.86. The number of carbonyl (C=O) groups is 2. The number of methoxy groups -OCH3 is 1. The molecule has 3 heterocycles. The third-order valence-electron chi connectivity index (χ3n) is 4.55. The lowest BCUT2D eigenvalue weighted by atomic mass is 9.81. The Morgan fingerprint density at radius 1 is 1.40 bits per heavy atom. The first kappa shape index (κ1) is 19.5. The van der Waals surface area contributed by atoms with E-state index in [2.05, 4.69) is 4.98 Å². The lowest BCUT2D eigenvalue weighted by Gasteiger charge is -2.23. The van der Waals surface area contributed by atoms with Crippen LogP contribution in [0.3, 0.4) is 0 Å². The van der Waals surface area contributed by atoms with Gasteiger partial charge in [0.1, 0.15) is 11.1 Å². The Labute approximate surface area is 147 Å². The molecule has 0 aromatic carbocycles. The average Bonchev–Trinajstić information content (AvgIpc) is 3.10. The van der Waals surface area contributed by atoms with E-state index in [1.807, 2.05) is 0 Å². The molecule has 1 aromatic rings. The van der Waals surface area contributed by atoms with Crippen molar-refractivity contribution in [3.05, 3.63) is 29.6 Å². The third-order valence-corrected chi connectivity index (χ3v) is 4.55. The predicted octanol–water partition coefficient (Wildman–Crippen LogP) is 1.78. The first-order valence-electron chi connectivity index (χ1n) is 7.26. The van der Waals surface area contributed by atoms with Gasteiger partial charge in [-0.25, -0.2) is 0 Å². The zero-order valence-electron chi connectivity index (χ0n) is 13.2. The highest BCUT2D eigenvalue weighted by Crippen LogP contribution is 2.42. The summed E-state index contributed by atoms with van der Waals surface area (Å²) in [4.78, 5) is 29.3. The summed E-state index contributed by atoms with van der Waals surface area (Å²) in [5, 5.41) is 0. The molecule has 0 radical (unpaired) electrons. The van der Waals surface area contributed by atoms with Gasteiger partial charge in [-0.15, -0.1) is 12.4 Å². The molecule has 6 nitrogen and oxygen atoms in total. The number of pyridine rings is 1. The fourth-order valence-corrected chi connectivity index (χ4v) is 3.25. The maximum atomic E-state index is 12.5. The largest absolute Gasteiger partial charge is 0.468 e. The van der Waals surface area contributed by atoms with E-state index in [0.717, 1.165) is 18.3 Å². The molecule has 0 saturated carbocycles. The number of fused-ring (bicyclic) bond motifs is 1. The fourth-order valence-electron chi connectivity index (χ4n) is 3.25. The number of alkyl halides is 3. The van der Waals surface area contributed by atoms with Crippen LogP contribution in [0, 0.1) is 11.3 Å². The fraction of sp³-hybridized carbons (Fsp3) is 0.533.